The molecule has 2 rings (SSSR count). The van der Waals surface area contributed by atoms with Crippen molar-refractivity contribution in [1.82, 2.24) is 0 Å². The van der Waals surface area contributed by atoms with Crippen LogP contribution >= 0.6 is 0 Å². The molecular weight excluding hydrogens is 216 g/mol. The second-order valence-corrected chi connectivity index (χ2v) is 4.79. The maximum absolute atomic E-state index is 10.2. The number of anilines is 1. The first-order chi connectivity index (χ1) is 8.13. The van der Waals surface area contributed by atoms with Crippen molar-refractivity contribution >= 4 is 5.69 Å². The van der Waals surface area contributed by atoms with Crippen molar-refractivity contribution in [3.63, 3.8) is 0 Å². The van der Waals surface area contributed by atoms with Crippen LogP contribution in [0.3, 0.4) is 0 Å². The van der Waals surface area contributed by atoms with E-state index in [0.29, 0.717) is 13.0 Å². The van der Waals surface area contributed by atoms with Crippen LogP contribution in [0.15, 0.2) is 24.3 Å². The molecule has 0 aliphatic carbocycles. The van der Waals surface area contributed by atoms with Crippen LogP contribution < -0.4 is 10.6 Å². The molecule has 94 valence electrons. The van der Waals surface area contributed by atoms with Gasteiger partial charge in [-0.2, -0.15) is 0 Å². The number of hydrogen-bond donors (Lipinski definition) is 3. The van der Waals surface area contributed by atoms with Crippen molar-refractivity contribution in [2.45, 2.75) is 24.9 Å². The average Bonchev–Trinajstić information content (AvgIpc) is 2.52. The second kappa shape index (κ2) is 4.94. The van der Waals surface area contributed by atoms with E-state index >= 15 is 0 Å². The van der Waals surface area contributed by atoms with Gasteiger partial charge in [0.05, 0.1) is 5.60 Å². The lowest BCUT2D eigenvalue weighted by Crippen LogP contribution is -2.38. The van der Waals surface area contributed by atoms with Gasteiger partial charge in [-0.05, 0) is 31.4 Å². The summed E-state index contributed by atoms with van der Waals surface area (Å²) in [7, 11) is 0. The molecule has 17 heavy (non-hydrogen) atoms. The van der Waals surface area contributed by atoms with Crippen LogP contribution in [0.1, 0.15) is 19.3 Å². The third kappa shape index (κ3) is 2.90. The predicted octanol–water partition coefficient (Wildman–Crippen LogP) is 1.07. The van der Waals surface area contributed by atoms with Gasteiger partial charge >= 0.3 is 0 Å². The van der Waals surface area contributed by atoms with Crippen molar-refractivity contribution in [2.75, 3.05) is 24.5 Å². The minimum absolute atomic E-state index is 0.279. The van der Waals surface area contributed by atoms with Crippen LogP contribution in [0, 0.1) is 0 Å². The lowest BCUT2D eigenvalue weighted by molar-refractivity contribution is 0.0375. The molecule has 1 heterocycles. The zero-order valence-corrected chi connectivity index (χ0v) is 9.97. The van der Waals surface area contributed by atoms with Crippen LogP contribution in [-0.2, 0) is 0 Å². The lowest BCUT2D eigenvalue weighted by atomic mass is 9.95. The van der Waals surface area contributed by atoms with E-state index in [9.17, 15) is 10.2 Å². The first kappa shape index (κ1) is 12.2. The van der Waals surface area contributed by atoms with Gasteiger partial charge in [-0.3, -0.25) is 0 Å². The predicted molar refractivity (Wildman–Crippen MR) is 68.2 cm³/mol. The maximum Gasteiger partial charge on any atom is 0.117 e. The smallest absolute Gasteiger partial charge is 0.117 e. The Kier molecular flexibility index (Phi) is 3.54. The number of benzene rings is 1. The Hall–Kier alpha value is -1.26. The second-order valence-electron chi connectivity index (χ2n) is 4.79. The molecule has 1 aliphatic rings. The molecule has 0 spiro atoms. The van der Waals surface area contributed by atoms with Crippen LogP contribution in [0.4, 0.5) is 5.69 Å². The van der Waals surface area contributed by atoms with Crippen LogP contribution in [0.25, 0.3) is 0 Å². The lowest BCUT2D eigenvalue weighted by Gasteiger charge is -2.26. The summed E-state index contributed by atoms with van der Waals surface area (Å²) in [6.45, 7) is 1.99. The molecule has 0 radical (unpaired) electrons. The molecule has 1 atom stereocenters. The third-order valence-electron chi connectivity index (χ3n) is 3.49. The van der Waals surface area contributed by atoms with Crippen molar-refractivity contribution in [1.29, 1.82) is 0 Å². The minimum atomic E-state index is -0.717. The average molecular weight is 236 g/mol. The Bertz CT molecular complexity index is 383. The van der Waals surface area contributed by atoms with Crippen molar-refractivity contribution in [2.24, 2.45) is 5.73 Å². The van der Waals surface area contributed by atoms with E-state index in [4.69, 9.17) is 5.73 Å². The molecule has 4 nitrogen and oxygen atoms in total. The van der Waals surface area contributed by atoms with E-state index in [0.717, 1.165) is 31.6 Å². The first-order valence-corrected chi connectivity index (χ1v) is 6.09. The van der Waals surface area contributed by atoms with E-state index in [1.54, 1.807) is 12.1 Å². The van der Waals surface area contributed by atoms with Gasteiger partial charge in [-0.1, -0.05) is 6.07 Å². The monoisotopic (exact) mass is 236 g/mol. The summed E-state index contributed by atoms with van der Waals surface area (Å²) in [5.41, 5.74) is 5.90. The van der Waals surface area contributed by atoms with Gasteiger partial charge < -0.3 is 20.8 Å². The number of phenols is 1. The van der Waals surface area contributed by atoms with Gasteiger partial charge in [0.25, 0.3) is 0 Å². The maximum atomic E-state index is 10.2. The molecule has 1 aliphatic heterocycles. The Balaban J connectivity index is 2.09. The topological polar surface area (TPSA) is 69.7 Å². The molecular formula is C13H20N2O2. The Morgan fingerprint density at radius 1 is 1.29 bits per heavy atom. The fraction of sp³-hybridized carbons (Fsp3) is 0.538. The number of rotatable bonds is 2. The Morgan fingerprint density at radius 3 is 2.82 bits per heavy atom. The molecule has 0 bridgehead atoms. The Labute approximate surface area is 102 Å². The molecule has 1 aromatic carbocycles. The number of aromatic hydroxyl groups is 1. The fourth-order valence-corrected chi connectivity index (χ4v) is 2.33. The minimum Gasteiger partial charge on any atom is -0.508 e. The summed E-state index contributed by atoms with van der Waals surface area (Å²) in [6, 6.07) is 7.24. The highest BCUT2D eigenvalue weighted by Crippen LogP contribution is 2.26. The number of aliphatic hydroxyl groups is 1. The van der Waals surface area contributed by atoms with Crippen LogP contribution in [0.2, 0.25) is 0 Å². The number of nitrogens with two attached hydrogens (primary N) is 1. The third-order valence-corrected chi connectivity index (χ3v) is 3.49. The van der Waals surface area contributed by atoms with E-state index < -0.39 is 5.60 Å². The summed E-state index contributed by atoms with van der Waals surface area (Å²) in [4.78, 5) is 2.19. The summed E-state index contributed by atoms with van der Waals surface area (Å²) in [5.74, 6) is 0.279. The highest BCUT2D eigenvalue weighted by molar-refractivity contribution is 5.50. The van der Waals surface area contributed by atoms with Gasteiger partial charge in [0.1, 0.15) is 5.75 Å². The molecule has 0 saturated carbocycles. The number of hydrogen-bond acceptors (Lipinski definition) is 4. The van der Waals surface area contributed by atoms with E-state index in [-0.39, 0.29) is 5.75 Å². The van der Waals surface area contributed by atoms with Gasteiger partial charge in [0.2, 0.25) is 0 Å². The van der Waals surface area contributed by atoms with Crippen molar-refractivity contribution in [3.05, 3.63) is 24.3 Å². The van der Waals surface area contributed by atoms with E-state index in [1.807, 2.05) is 12.1 Å². The number of nitrogens with zero attached hydrogens (tertiary/aromatic N) is 1. The quantitative estimate of drug-likeness (QED) is 0.718. The molecule has 0 amide bonds. The zero-order chi connectivity index (χ0) is 12.3. The molecule has 4 heteroatoms. The SMILES string of the molecule is NCC1(O)CCCN(c2cccc(O)c2)CC1. The molecule has 0 aromatic heterocycles. The zero-order valence-electron chi connectivity index (χ0n) is 9.97. The fourth-order valence-electron chi connectivity index (χ4n) is 2.33. The summed E-state index contributed by atoms with van der Waals surface area (Å²) in [6.07, 6.45) is 2.35. The van der Waals surface area contributed by atoms with E-state index in [1.165, 1.54) is 0 Å². The molecule has 4 N–H and O–H groups in total. The largest absolute Gasteiger partial charge is 0.508 e. The normalized spacial score (nSPS) is 25.6. The van der Waals surface area contributed by atoms with Gasteiger partial charge in [0, 0.05) is 31.4 Å². The van der Waals surface area contributed by atoms with Crippen molar-refractivity contribution < 1.29 is 10.2 Å². The first-order valence-electron chi connectivity index (χ1n) is 6.09. The highest BCUT2D eigenvalue weighted by atomic mass is 16.3. The molecule has 1 saturated heterocycles. The van der Waals surface area contributed by atoms with E-state index in [2.05, 4.69) is 4.90 Å². The molecule has 1 aromatic rings. The van der Waals surface area contributed by atoms with Gasteiger partial charge in [-0.25, -0.2) is 0 Å². The molecule has 1 fully saturated rings. The standard InChI is InChI=1S/C13H20N2O2/c14-10-13(17)5-2-7-15(8-6-13)11-3-1-4-12(16)9-11/h1,3-4,9,16-17H,2,5-8,10,14H2. The summed E-state index contributed by atoms with van der Waals surface area (Å²) in [5, 5.41) is 19.6. The highest BCUT2D eigenvalue weighted by Gasteiger charge is 2.28. The van der Waals surface area contributed by atoms with Gasteiger partial charge in [-0.15, -0.1) is 0 Å². The van der Waals surface area contributed by atoms with Crippen LogP contribution in [0.5, 0.6) is 5.75 Å². The van der Waals surface area contributed by atoms with Gasteiger partial charge in [0.15, 0.2) is 0 Å². The van der Waals surface area contributed by atoms with Crippen LogP contribution in [-0.4, -0.2) is 35.4 Å². The number of phenolic OH excluding ortho intramolecular Hbond substituents is 1. The summed E-state index contributed by atoms with van der Waals surface area (Å²) < 4.78 is 0. The van der Waals surface area contributed by atoms with Crippen molar-refractivity contribution in [3.8, 4) is 5.75 Å². The Morgan fingerprint density at radius 2 is 2.12 bits per heavy atom. The summed E-state index contributed by atoms with van der Waals surface area (Å²) >= 11 is 0. The molecule has 1 unspecified atom stereocenters.